The van der Waals surface area contributed by atoms with Crippen molar-refractivity contribution in [1.29, 1.82) is 0 Å². The first kappa shape index (κ1) is 16.8. The van der Waals surface area contributed by atoms with Crippen LogP contribution in [0.25, 0.3) is 16.7 Å². The zero-order valence-corrected chi connectivity index (χ0v) is 14.8. The molecular weight excluding hydrogens is 338 g/mol. The number of carbonyl (C=O) groups is 1. The number of nitrogens with zero attached hydrogens (tertiary/aromatic N) is 3. The Labute approximate surface area is 156 Å². The highest BCUT2D eigenvalue weighted by atomic mass is 16.1. The number of fused-ring (bicyclic) bond motifs is 1. The summed E-state index contributed by atoms with van der Waals surface area (Å²) in [5, 5.41) is 0.431. The second-order valence-electron chi connectivity index (χ2n) is 6.29. The van der Waals surface area contributed by atoms with Crippen LogP contribution >= 0.6 is 0 Å². The van der Waals surface area contributed by atoms with Crippen LogP contribution in [-0.2, 0) is 6.42 Å². The van der Waals surface area contributed by atoms with Gasteiger partial charge in [0.2, 0.25) is 0 Å². The zero-order valence-electron chi connectivity index (χ0n) is 14.8. The summed E-state index contributed by atoms with van der Waals surface area (Å²) in [4.78, 5) is 34.1. The Morgan fingerprint density at radius 3 is 2.26 bits per heavy atom. The Hall–Kier alpha value is -3.60. The van der Waals surface area contributed by atoms with E-state index in [1.54, 1.807) is 28.8 Å². The molecule has 0 amide bonds. The molecule has 2 aromatic carbocycles. The van der Waals surface area contributed by atoms with Gasteiger partial charge in [-0.1, -0.05) is 48.5 Å². The summed E-state index contributed by atoms with van der Waals surface area (Å²) in [5.74, 6) is 0.282. The molecule has 0 unspecified atom stereocenters. The lowest BCUT2D eigenvalue weighted by atomic mass is 10.1. The van der Waals surface area contributed by atoms with Crippen molar-refractivity contribution < 1.29 is 4.79 Å². The van der Waals surface area contributed by atoms with Crippen molar-refractivity contribution in [3.8, 4) is 5.69 Å². The van der Waals surface area contributed by atoms with Crippen molar-refractivity contribution in [2.45, 2.75) is 13.3 Å². The molecule has 0 aliphatic heterocycles. The Balaban J connectivity index is 1.94. The van der Waals surface area contributed by atoms with Gasteiger partial charge in [-0.2, -0.15) is 4.98 Å². The van der Waals surface area contributed by atoms with Crippen LogP contribution in [0, 0.1) is 6.92 Å². The van der Waals surface area contributed by atoms with Crippen LogP contribution in [0.5, 0.6) is 0 Å². The Morgan fingerprint density at radius 1 is 0.889 bits per heavy atom. The molecule has 5 nitrogen and oxygen atoms in total. The van der Waals surface area contributed by atoms with Gasteiger partial charge in [0.1, 0.15) is 5.82 Å². The van der Waals surface area contributed by atoms with Crippen molar-refractivity contribution in [2.75, 3.05) is 0 Å². The zero-order chi connectivity index (χ0) is 18.8. The van der Waals surface area contributed by atoms with Gasteiger partial charge in [-0.15, -0.1) is 0 Å². The molecule has 0 atom stereocenters. The molecule has 0 spiro atoms. The first-order chi connectivity index (χ1) is 13.1. The summed E-state index contributed by atoms with van der Waals surface area (Å²) in [7, 11) is 0. The van der Waals surface area contributed by atoms with Crippen LogP contribution in [0.2, 0.25) is 0 Å². The van der Waals surface area contributed by atoms with Gasteiger partial charge in [0.05, 0.1) is 11.8 Å². The number of aromatic nitrogens is 3. The molecule has 0 aliphatic rings. The number of hydrogen-bond acceptors (Lipinski definition) is 4. The fourth-order valence-electron chi connectivity index (χ4n) is 3.07. The summed E-state index contributed by atoms with van der Waals surface area (Å²) in [6.07, 6.45) is 0.0136. The van der Waals surface area contributed by atoms with Crippen LogP contribution in [0.1, 0.15) is 21.9 Å². The summed E-state index contributed by atoms with van der Waals surface area (Å²) >= 11 is 0. The van der Waals surface area contributed by atoms with Gasteiger partial charge in [0, 0.05) is 16.9 Å². The summed E-state index contributed by atoms with van der Waals surface area (Å²) < 4.78 is 1.80. The number of para-hydroxylation sites is 1. The predicted octanol–water partition coefficient (Wildman–Crippen LogP) is 3.51. The second-order valence-corrected chi connectivity index (χ2v) is 6.29. The molecule has 2 aromatic heterocycles. The summed E-state index contributed by atoms with van der Waals surface area (Å²) in [6.45, 7) is 1.87. The normalized spacial score (nSPS) is 10.9. The maximum atomic E-state index is 12.7. The van der Waals surface area contributed by atoms with Crippen molar-refractivity contribution in [2.24, 2.45) is 0 Å². The van der Waals surface area contributed by atoms with Crippen molar-refractivity contribution in [3.63, 3.8) is 0 Å². The first-order valence-electron chi connectivity index (χ1n) is 8.66. The van der Waals surface area contributed by atoms with E-state index in [4.69, 9.17) is 0 Å². The van der Waals surface area contributed by atoms with E-state index in [0.717, 1.165) is 11.4 Å². The van der Waals surface area contributed by atoms with E-state index in [-0.39, 0.29) is 17.8 Å². The van der Waals surface area contributed by atoms with E-state index in [1.165, 1.54) is 0 Å². The van der Waals surface area contributed by atoms with Gasteiger partial charge in [-0.05, 0) is 31.2 Å². The average molecular weight is 355 g/mol. The number of hydrogen-bond donors (Lipinski definition) is 0. The third-order valence-corrected chi connectivity index (χ3v) is 4.37. The number of rotatable bonds is 4. The lowest BCUT2D eigenvalue weighted by molar-refractivity contribution is 0.0990. The standard InChI is InChI=1S/C22H17N3O2/c1-15-12-13-18-21(23-15)25(17-10-6-3-7-11-17)20(24-22(18)27)14-19(26)16-8-4-2-5-9-16/h2-13H,14H2,1H3. The number of Topliss-reactive ketones (excluding diaryl/α,β-unsaturated/α-hetero) is 1. The minimum Gasteiger partial charge on any atom is -0.294 e. The minimum absolute atomic E-state index is 0.0136. The van der Waals surface area contributed by atoms with Gasteiger partial charge in [0.15, 0.2) is 11.4 Å². The Kier molecular flexibility index (Phi) is 4.34. The molecule has 0 bridgehead atoms. The van der Waals surface area contributed by atoms with Gasteiger partial charge in [0.25, 0.3) is 5.56 Å². The largest absolute Gasteiger partial charge is 0.294 e. The lowest BCUT2D eigenvalue weighted by Crippen LogP contribution is -2.21. The molecule has 4 aromatic rings. The van der Waals surface area contributed by atoms with E-state index in [9.17, 15) is 9.59 Å². The molecule has 27 heavy (non-hydrogen) atoms. The molecule has 132 valence electrons. The molecule has 0 radical (unpaired) electrons. The molecule has 4 rings (SSSR count). The smallest absolute Gasteiger partial charge is 0.282 e. The third-order valence-electron chi connectivity index (χ3n) is 4.37. The maximum absolute atomic E-state index is 12.7. The molecule has 0 N–H and O–H groups in total. The van der Waals surface area contributed by atoms with Crippen LogP contribution < -0.4 is 5.56 Å². The van der Waals surface area contributed by atoms with E-state index >= 15 is 0 Å². The molecular formula is C22H17N3O2. The van der Waals surface area contributed by atoms with Crippen LogP contribution in [0.3, 0.4) is 0 Å². The first-order valence-corrected chi connectivity index (χ1v) is 8.66. The van der Waals surface area contributed by atoms with Gasteiger partial charge in [-0.25, -0.2) is 4.98 Å². The van der Waals surface area contributed by atoms with E-state index in [0.29, 0.717) is 22.4 Å². The predicted molar refractivity (Wildman–Crippen MR) is 104 cm³/mol. The molecule has 0 saturated heterocycles. The van der Waals surface area contributed by atoms with E-state index in [2.05, 4.69) is 9.97 Å². The fraction of sp³-hybridized carbons (Fsp3) is 0.0909. The Bertz CT molecular complexity index is 1180. The number of aryl methyl sites for hydroxylation is 1. The number of ketones is 1. The molecule has 0 fully saturated rings. The van der Waals surface area contributed by atoms with Gasteiger partial charge >= 0.3 is 0 Å². The van der Waals surface area contributed by atoms with Crippen LogP contribution in [0.4, 0.5) is 0 Å². The van der Waals surface area contributed by atoms with Crippen molar-refractivity contribution in [1.82, 2.24) is 14.5 Å². The SMILES string of the molecule is Cc1ccc2c(=O)nc(CC(=O)c3ccccc3)n(-c3ccccc3)c2n1. The highest BCUT2D eigenvalue weighted by Crippen LogP contribution is 2.18. The second kappa shape index (κ2) is 6.96. The number of pyridine rings is 1. The lowest BCUT2D eigenvalue weighted by Gasteiger charge is -2.15. The Morgan fingerprint density at radius 2 is 1.56 bits per heavy atom. The molecule has 0 aliphatic carbocycles. The van der Waals surface area contributed by atoms with Crippen molar-refractivity contribution >= 4 is 16.8 Å². The van der Waals surface area contributed by atoms with Gasteiger partial charge < -0.3 is 0 Å². The highest BCUT2D eigenvalue weighted by Gasteiger charge is 2.17. The van der Waals surface area contributed by atoms with Gasteiger partial charge in [-0.3, -0.25) is 14.2 Å². The number of carbonyl (C=O) groups excluding carboxylic acids is 1. The van der Waals surface area contributed by atoms with Crippen LogP contribution in [-0.4, -0.2) is 20.3 Å². The van der Waals surface area contributed by atoms with E-state index in [1.807, 2.05) is 55.5 Å². The fourth-order valence-corrected chi connectivity index (χ4v) is 3.07. The summed E-state index contributed by atoms with van der Waals surface area (Å²) in [6, 6.07) is 22.1. The molecule has 0 saturated carbocycles. The maximum Gasteiger partial charge on any atom is 0.282 e. The van der Waals surface area contributed by atoms with E-state index < -0.39 is 0 Å². The topological polar surface area (TPSA) is 64.8 Å². The number of benzene rings is 2. The molecule has 2 heterocycles. The molecule has 5 heteroatoms. The quantitative estimate of drug-likeness (QED) is 0.526. The summed E-state index contributed by atoms with van der Waals surface area (Å²) in [5.41, 5.74) is 2.32. The van der Waals surface area contributed by atoms with Crippen LogP contribution in [0.15, 0.2) is 77.6 Å². The minimum atomic E-state index is -0.374. The highest BCUT2D eigenvalue weighted by molar-refractivity contribution is 5.97. The third kappa shape index (κ3) is 3.27. The average Bonchev–Trinajstić information content (AvgIpc) is 2.69. The van der Waals surface area contributed by atoms with Crippen molar-refractivity contribution in [3.05, 3.63) is 100 Å². The monoisotopic (exact) mass is 355 g/mol.